The van der Waals surface area contributed by atoms with E-state index < -0.39 is 0 Å². The van der Waals surface area contributed by atoms with E-state index in [-0.39, 0.29) is 0 Å². The molecule has 0 spiro atoms. The van der Waals surface area contributed by atoms with E-state index in [2.05, 4.69) is 17.6 Å². The molecule has 0 heterocycles. The summed E-state index contributed by atoms with van der Waals surface area (Å²) in [5, 5.41) is 6.92. The number of nitrogens with one attached hydrogen (secondary N) is 2. The zero-order chi connectivity index (χ0) is 15.1. The molecule has 0 saturated carbocycles. The van der Waals surface area contributed by atoms with Gasteiger partial charge >= 0.3 is 0 Å². The fraction of sp³-hybridized carbons (Fsp3) is 0.235. The Kier molecular flexibility index (Phi) is 5.58. The SMILES string of the molecule is Cc1ccc(OCCNC(=S)Nc2ccccc2C)cc1. The summed E-state index contributed by atoms with van der Waals surface area (Å²) in [5.41, 5.74) is 3.41. The fourth-order valence-electron chi connectivity index (χ4n) is 1.85. The number of ether oxygens (including phenoxy) is 1. The fourth-order valence-corrected chi connectivity index (χ4v) is 2.06. The minimum absolute atomic E-state index is 0.568. The molecule has 0 unspecified atom stereocenters. The van der Waals surface area contributed by atoms with Crippen molar-refractivity contribution in [3.63, 3.8) is 0 Å². The second-order valence-electron chi connectivity index (χ2n) is 4.86. The van der Waals surface area contributed by atoms with Crippen LogP contribution in [0.25, 0.3) is 0 Å². The Morgan fingerprint density at radius 1 is 1.05 bits per heavy atom. The van der Waals surface area contributed by atoms with Crippen LogP contribution in [0.2, 0.25) is 0 Å². The summed E-state index contributed by atoms with van der Waals surface area (Å²) in [7, 11) is 0. The van der Waals surface area contributed by atoms with Gasteiger partial charge in [0.25, 0.3) is 0 Å². The van der Waals surface area contributed by atoms with Gasteiger partial charge in [0.05, 0.1) is 6.54 Å². The molecule has 2 aromatic rings. The largest absolute Gasteiger partial charge is 0.492 e. The summed E-state index contributed by atoms with van der Waals surface area (Å²) in [5.74, 6) is 0.875. The molecule has 3 nitrogen and oxygen atoms in total. The van der Waals surface area contributed by atoms with Crippen molar-refractivity contribution in [2.45, 2.75) is 13.8 Å². The molecule has 0 aromatic heterocycles. The van der Waals surface area contributed by atoms with Crippen LogP contribution in [0.5, 0.6) is 5.75 Å². The Morgan fingerprint density at radius 2 is 1.76 bits per heavy atom. The van der Waals surface area contributed by atoms with Crippen LogP contribution >= 0.6 is 12.2 Å². The molecule has 21 heavy (non-hydrogen) atoms. The average Bonchev–Trinajstić information content (AvgIpc) is 2.48. The number of hydrogen-bond donors (Lipinski definition) is 2. The van der Waals surface area contributed by atoms with E-state index >= 15 is 0 Å². The molecule has 2 rings (SSSR count). The minimum Gasteiger partial charge on any atom is -0.492 e. The Hall–Kier alpha value is -2.07. The quantitative estimate of drug-likeness (QED) is 0.652. The maximum absolute atomic E-state index is 5.64. The first-order chi connectivity index (χ1) is 10.1. The number of hydrogen-bond acceptors (Lipinski definition) is 2. The lowest BCUT2D eigenvalue weighted by molar-refractivity contribution is 0.322. The number of thiocarbonyl (C=S) groups is 1. The predicted octanol–water partition coefficient (Wildman–Crippen LogP) is 3.67. The van der Waals surface area contributed by atoms with Crippen LogP contribution in [0.1, 0.15) is 11.1 Å². The average molecular weight is 300 g/mol. The highest BCUT2D eigenvalue weighted by molar-refractivity contribution is 7.80. The highest BCUT2D eigenvalue weighted by Crippen LogP contribution is 2.13. The van der Waals surface area contributed by atoms with Crippen molar-refractivity contribution in [3.8, 4) is 5.75 Å². The monoisotopic (exact) mass is 300 g/mol. The summed E-state index contributed by atoms with van der Waals surface area (Å²) in [6.45, 7) is 5.33. The summed E-state index contributed by atoms with van der Waals surface area (Å²) < 4.78 is 5.64. The van der Waals surface area contributed by atoms with E-state index in [1.165, 1.54) is 5.56 Å². The van der Waals surface area contributed by atoms with E-state index in [4.69, 9.17) is 17.0 Å². The normalized spacial score (nSPS) is 10.0. The third-order valence-electron chi connectivity index (χ3n) is 3.07. The summed E-state index contributed by atoms with van der Waals surface area (Å²) in [4.78, 5) is 0. The first kappa shape index (κ1) is 15.3. The highest BCUT2D eigenvalue weighted by atomic mass is 32.1. The molecule has 0 amide bonds. The van der Waals surface area contributed by atoms with Crippen LogP contribution in [0.3, 0.4) is 0 Å². The minimum atomic E-state index is 0.568. The molecular weight excluding hydrogens is 280 g/mol. The molecular formula is C17H20N2OS. The maximum atomic E-state index is 5.64. The van der Waals surface area contributed by atoms with Crippen LogP contribution in [0.15, 0.2) is 48.5 Å². The van der Waals surface area contributed by atoms with Gasteiger partial charge in [0.1, 0.15) is 12.4 Å². The van der Waals surface area contributed by atoms with Crippen molar-refractivity contribution in [1.29, 1.82) is 0 Å². The van der Waals surface area contributed by atoms with Gasteiger partial charge < -0.3 is 15.4 Å². The van der Waals surface area contributed by atoms with Gasteiger partial charge in [0.15, 0.2) is 5.11 Å². The summed E-state index contributed by atoms with van der Waals surface area (Å²) in [6, 6.07) is 16.1. The number of para-hydroxylation sites is 1. The Morgan fingerprint density at radius 3 is 2.48 bits per heavy atom. The standard InChI is InChI=1S/C17H20N2OS/c1-13-7-9-15(10-8-13)20-12-11-18-17(21)19-16-6-4-3-5-14(16)2/h3-10H,11-12H2,1-2H3,(H2,18,19,21). The first-order valence-corrected chi connectivity index (χ1v) is 7.36. The predicted molar refractivity (Wildman–Crippen MR) is 92.1 cm³/mol. The molecule has 0 aliphatic carbocycles. The maximum Gasteiger partial charge on any atom is 0.170 e. The first-order valence-electron chi connectivity index (χ1n) is 6.95. The van der Waals surface area contributed by atoms with Gasteiger partial charge in [-0.15, -0.1) is 0 Å². The number of benzene rings is 2. The third-order valence-corrected chi connectivity index (χ3v) is 3.32. The van der Waals surface area contributed by atoms with Crippen molar-refractivity contribution in [2.75, 3.05) is 18.5 Å². The smallest absolute Gasteiger partial charge is 0.170 e. The van der Waals surface area contributed by atoms with Crippen molar-refractivity contribution in [2.24, 2.45) is 0 Å². The van der Waals surface area contributed by atoms with Crippen molar-refractivity contribution in [3.05, 3.63) is 59.7 Å². The molecule has 0 radical (unpaired) electrons. The van der Waals surface area contributed by atoms with Crippen LogP contribution in [-0.4, -0.2) is 18.3 Å². The van der Waals surface area contributed by atoms with E-state index in [0.717, 1.165) is 17.0 Å². The molecule has 0 saturated heterocycles. The lowest BCUT2D eigenvalue weighted by Crippen LogP contribution is -2.32. The zero-order valence-corrected chi connectivity index (χ0v) is 13.2. The van der Waals surface area contributed by atoms with E-state index in [9.17, 15) is 0 Å². The van der Waals surface area contributed by atoms with E-state index in [1.54, 1.807) is 0 Å². The van der Waals surface area contributed by atoms with Gasteiger partial charge in [-0.2, -0.15) is 0 Å². The van der Waals surface area contributed by atoms with Crippen molar-refractivity contribution >= 4 is 23.0 Å². The summed E-state index contributed by atoms with van der Waals surface area (Å²) in [6.07, 6.45) is 0. The van der Waals surface area contributed by atoms with Crippen LogP contribution in [-0.2, 0) is 0 Å². The van der Waals surface area contributed by atoms with Gasteiger partial charge in [0.2, 0.25) is 0 Å². The molecule has 0 bridgehead atoms. The van der Waals surface area contributed by atoms with Crippen molar-refractivity contribution < 1.29 is 4.74 Å². The van der Waals surface area contributed by atoms with Gasteiger partial charge in [-0.25, -0.2) is 0 Å². The molecule has 0 fully saturated rings. The van der Waals surface area contributed by atoms with Crippen LogP contribution in [0, 0.1) is 13.8 Å². The third kappa shape index (κ3) is 5.08. The van der Waals surface area contributed by atoms with Gasteiger partial charge in [-0.05, 0) is 49.8 Å². The number of anilines is 1. The highest BCUT2D eigenvalue weighted by Gasteiger charge is 2.00. The molecule has 0 atom stereocenters. The van der Waals surface area contributed by atoms with Crippen LogP contribution in [0.4, 0.5) is 5.69 Å². The van der Waals surface area contributed by atoms with Gasteiger partial charge in [0, 0.05) is 5.69 Å². The van der Waals surface area contributed by atoms with E-state index in [0.29, 0.717) is 18.3 Å². The second kappa shape index (κ2) is 7.64. The zero-order valence-electron chi connectivity index (χ0n) is 12.3. The lowest BCUT2D eigenvalue weighted by atomic mass is 10.2. The Balaban J connectivity index is 1.70. The molecule has 2 aromatic carbocycles. The molecule has 2 N–H and O–H groups in total. The molecule has 0 aliphatic rings. The lowest BCUT2D eigenvalue weighted by Gasteiger charge is -2.13. The number of rotatable bonds is 5. The number of aryl methyl sites for hydroxylation is 2. The second-order valence-corrected chi connectivity index (χ2v) is 5.27. The molecule has 4 heteroatoms. The Labute approximate surface area is 131 Å². The van der Waals surface area contributed by atoms with Crippen LogP contribution < -0.4 is 15.4 Å². The van der Waals surface area contributed by atoms with E-state index in [1.807, 2.05) is 55.5 Å². The summed E-state index contributed by atoms with van der Waals surface area (Å²) >= 11 is 5.27. The van der Waals surface area contributed by atoms with Crippen molar-refractivity contribution in [1.82, 2.24) is 5.32 Å². The Bertz CT molecular complexity index is 596. The molecule has 110 valence electrons. The van der Waals surface area contributed by atoms with Gasteiger partial charge in [-0.3, -0.25) is 0 Å². The topological polar surface area (TPSA) is 33.3 Å². The van der Waals surface area contributed by atoms with Gasteiger partial charge in [-0.1, -0.05) is 35.9 Å². The molecule has 0 aliphatic heterocycles.